The van der Waals surface area contributed by atoms with Gasteiger partial charge in [-0.25, -0.2) is 15.0 Å². The summed E-state index contributed by atoms with van der Waals surface area (Å²) < 4.78 is 13.5. The molecule has 0 saturated carbocycles. The Balaban J connectivity index is 1.79. The molecule has 3 aromatic heterocycles. The molecule has 0 aliphatic heterocycles. The molecule has 28 heavy (non-hydrogen) atoms. The zero-order chi connectivity index (χ0) is 20.3. The van der Waals surface area contributed by atoms with Crippen LogP contribution in [0.1, 0.15) is 29.2 Å². The monoisotopic (exact) mass is 465 g/mol. The molecule has 10 heteroatoms. The van der Waals surface area contributed by atoms with Crippen LogP contribution in [0.25, 0.3) is 11.2 Å². The van der Waals surface area contributed by atoms with Crippen molar-refractivity contribution < 1.29 is 13.9 Å². The Morgan fingerprint density at radius 2 is 2.18 bits per heavy atom. The molecular weight excluding hydrogens is 442 g/mol. The van der Waals surface area contributed by atoms with Crippen LogP contribution in [0.4, 0.5) is 0 Å². The van der Waals surface area contributed by atoms with Gasteiger partial charge in [-0.15, -0.1) is 0 Å². The van der Waals surface area contributed by atoms with Gasteiger partial charge in [0.2, 0.25) is 5.89 Å². The van der Waals surface area contributed by atoms with E-state index < -0.39 is 8.07 Å². The molecule has 0 aromatic carbocycles. The highest BCUT2D eigenvalue weighted by molar-refractivity contribution is 9.10. The smallest absolute Gasteiger partial charge is 0.255 e. The zero-order valence-electron chi connectivity index (χ0n) is 16.4. The Kier molecular flexibility index (Phi) is 6.31. The van der Waals surface area contributed by atoms with Gasteiger partial charge in [0.15, 0.2) is 5.65 Å². The van der Waals surface area contributed by atoms with Gasteiger partial charge in [-0.1, -0.05) is 19.6 Å². The van der Waals surface area contributed by atoms with Gasteiger partial charge in [0.25, 0.3) is 5.91 Å². The van der Waals surface area contributed by atoms with E-state index in [4.69, 9.17) is 9.15 Å². The van der Waals surface area contributed by atoms with Gasteiger partial charge in [-0.2, -0.15) is 0 Å². The Morgan fingerprint density at radius 3 is 2.86 bits per heavy atom. The van der Waals surface area contributed by atoms with Crippen LogP contribution in [0.15, 0.2) is 33.9 Å². The fourth-order valence-corrected chi connectivity index (χ4v) is 3.66. The van der Waals surface area contributed by atoms with Crippen molar-refractivity contribution in [1.82, 2.24) is 24.8 Å². The van der Waals surface area contributed by atoms with Gasteiger partial charge in [0.05, 0.1) is 18.0 Å². The van der Waals surface area contributed by atoms with Crippen LogP contribution < -0.4 is 5.32 Å². The number of fused-ring (bicyclic) bond motifs is 1. The predicted octanol–water partition coefficient (Wildman–Crippen LogP) is 3.99. The predicted molar refractivity (Wildman–Crippen MR) is 112 cm³/mol. The SMILES string of the molecule is C[C@H](NC(=O)c1cn(COCC[Si](C)(C)C)c2ncc(Br)nc12)c1ncco1. The Hall–Kier alpha value is -2.04. The highest BCUT2D eigenvalue weighted by Crippen LogP contribution is 2.21. The molecule has 0 saturated heterocycles. The van der Waals surface area contributed by atoms with E-state index in [-0.39, 0.29) is 11.9 Å². The molecule has 0 aliphatic carbocycles. The molecule has 1 atom stereocenters. The average Bonchev–Trinajstić information content (AvgIpc) is 3.26. The first kappa shape index (κ1) is 20.7. The Bertz CT molecular complexity index is 952. The molecule has 3 aromatic rings. The van der Waals surface area contributed by atoms with E-state index in [1.165, 1.54) is 6.26 Å². The minimum atomic E-state index is -1.16. The fraction of sp³-hybridized carbons (Fsp3) is 0.444. The third-order valence-electron chi connectivity index (χ3n) is 4.18. The van der Waals surface area contributed by atoms with Crippen molar-refractivity contribution in [2.45, 2.75) is 45.4 Å². The standard InChI is InChI=1S/C18H24BrN5O3Si/c1-12(18-20-5-6-27-18)22-17(25)13-10-24(11-26-7-8-28(2,3)4)16-15(13)23-14(19)9-21-16/h5-6,9-10,12H,7-8,11H2,1-4H3,(H,22,25)/t12-/m0/s1. The van der Waals surface area contributed by atoms with Crippen LogP contribution in [0.3, 0.4) is 0 Å². The van der Waals surface area contributed by atoms with Gasteiger partial charge < -0.3 is 19.0 Å². The highest BCUT2D eigenvalue weighted by atomic mass is 79.9. The third kappa shape index (κ3) is 5.06. The number of oxazole rings is 1. The van der Waals surface area contributed by atoms with Crippen LogP contribution in [0.2, 0.25) is 25.7 Å². The molecule has 1 amide bonds. The molecule has 3 rings (SSSR count). The van der Waals surface area contributed by atoms with Crippen molar-refractivity contribution in [2.24, 2.45) is 0 Å². The molecule has 0 fully saturated rings. The van der Waals surface area contributed by atoms with Crippen LogP contribution in [0, 0.1) is 0 Å². The quantitative estimate of drug-likeness (QED) is 0.399. The molecule has 150 valence electrons. The van der Waals surface area contributed by atoms with Crippen molar-refractivity contribution in [3.63, 3.8) is 0 Å². The molecule has 0 spiro atoms. The normalized spacial score (nSPS) is 13.0. The molecule has 1 N–H and O–H groups in total. The van der Waals surface area contributed by atoms with E-state index in [2.05, 4.69) is 55.8 Å². The van der Waals surface area contributed by atoms with Crippen molar-refractivity contribution in [1.29, 1.82) is 0 Å². The highest BCUT2D eigenvalue weighted by Gasteiger charge is 2.21. The first-order valence-corrected chi connectivity index (χ1v) is 13.5. The topological polar surface area (TPSA) is 95.1 Å². The summed E-state index contributed by atoms with van der Waals surface area (Å²) in [6.45, 7) is 9.73. The minimum absolute atomic E-state index is 0.274. The van der Waals surface area contributed by atoms with E-state index in [0.717, 1.165) is 6.04 Å². The largest absolute Gasteiger partial charge is 0.447 e. The number of nitrogens with zero attached hydrogens (tertiary/aromatic N) is 4. The zero-order valence-corrected chi connectivity index (χ0v) is 19.0. The van der Waals surface area contributed by atoms with Gasteiger partial charge in [0.1, 0.15) is 29.2 Å². The molecule has 0 radical (unpaired) electrons. The summed E-state index contributed by atoms with van der Waals surface area (Å²) in [5, 5.41) is 2.88. The number of rotatable bonds is 8. The van der Waals surface area contributed by atoms with Crippen molar-refractivity contribution in [3.05, 3.63) is 40.9 Å². The lowest BCUT2D eigenvalue weighted by Crippen LogP contribution is -2.26. The van der Waals surface area contributed by atoms with E-state index in [0.29, 0.717) is 40.6 Å². The van der Waals surface area contributed by atoms with E-state index in [1.807, 2.05) is 11.5 Å². The minimum Gasteiger partial charge on any atom is -0.447 e. The summed E-state index contributed by atoms with van der Waals surface area (Å²) in [5.74, 6) is 0.169. The average molecular weight is 466 g/mol. The first-order chi connectivity index (χ1) is 13.2. The van der Waals surface area contributed by atoms with Crippen molar-refractivity contribution in [3.8, 4) is 0 Å². The molecule has 0 unspecified atom stereocenters. The summed E-state index contributed by atoms with van der Waals surface area (Å²) in [5.41, 5.74) is 1.54. The third-order valence-corrected chi connectivity index (χ3v) is 6.26. The maximum absolute atomic E-state index is 12.8. The number of hydrogen-bond donors (Lipinski definition) is 1. The number of ether oxygens (including phenoxy) is 1. The summed E-state index contributed by atoms with van der Waals surface area (Å²) in [6.07, 6.45) is 6.36. The Labute approximate surface area is 172 Å². The molecule has 8 nitrogen and oxygen atoms in total. The van der Waals surface area contributed by atoms with E-state index >= 15 is 0 Å². The number of amides is 1. The number of nitrogens with one attached hydrogen (secondary N) is 1. The first-order valence-electron chi connectivity index (χ1n) is 9.04. The lowest BCUT2D eigenvalue weighted by Gasteiger charge is -2.15. The van der Waals surface area contributed by atoms with Gasteiger partial charge in [0, 0.05) is 20.9 Å². The summed E-state index contributed by atoms with van der Waals surface area (Å²) in [4.78, 5) is 25.8. The number of carbonyl (C=O) groups excluding carboxylic acids is 1. The second-order valence-electron chi connectivity index (χ2n) is 7.79. The van der Waals surface area contributed by atoms with Crippen molar-refractivity contribution >= 4 is 41.1 Å². The van der Waals surface area contributed by atoms with E-state index in [9.17, 15) is 4.79 Å². The number of hydrogen-bond acceptors (Lipinski definition) is 6. The van der Waals surface area contributed by atoms with Gasteiger partial charge >= 0.3 is 0 Å². The number of carbonyl (C=O) groups is 1. The lowest BCUT2D eigenvalue weighted by molar-refractivity contribution is 0.0889. The van der Waals surface area contributed by atoms with Crippen molar-refractivity contribution in [2.75, 3.05) is 6.61 Å². The molecule has 0 bridgehead atoms. The summed E-state index contributed by atoms with van der Waals surface area (Å²) >= 11 is 3.33. The number of aromatic nitrogens is 4. The number of halogens is 1. The van der Waals surface area contributed by atoms with Gasteiger partial charge in [-0.3, -0.25) is 4.79 Å². The van der Waals surface area contributed by atoms with Crippen LogP contribution in [-0.4, -0.2) is 40.1 Å². The van der Waals surface area contributed by atoms with Crippen LogP contribution in [-0.2, 0) is 11.5 Å². The second-order valence-corrected chi connectivity index (χ2v) is 14.2. The molecule has 3 heterocycles. The summed E-state index contributed by atoms with van der Waals surface area (Å²) in [6, 6.07) is 0.707. The molecule has 0 aliphatic rings. The molecular formula is C18H24BrN5O3Si. The van der Waals surface area contributed by atoms with Crippen LogP contribution >= 0.6 is 15.9 Å². The van der Waals surface area contributed by atoms with Crippen LogP contribution in [0.5, 0.6) is 0 Å². The maximum atomic E-state index is 12.8. The van der Waals surface area contributed by atoms with Gasteiger partial charge in [-0.05, 0) is 28.9 Å². The second kappa shape index (κ2) is 8.54. The lowest BCUT2D eigenvalue weighted by atomic mass is 10.2. The summed E-state index contributed by atoms with van der Waals surface area (Å²) in [7, 11) is -1.16. The maximum Gasteiger partial charge on any atom is 0.255 e. The van der Waals surface area contributed by atoms with E-state index in [1.54, 1.807) is 18.6 Å². The fourth-order valence-electron chi connectivity index (χ4n) is 2.62. The Morgan fingerprint density at radius 1 is 1.39 bits per heavy atom.